The highest BCUT2D eigenvalue weighted by Gasteiger charge is 2.35. The normalized spacial score (nSPS) is 12.7. The Morgan fingerprint density at radius 2 is 0.896 bits per heavy atom. The van der Waals surface area contributed by atoms with Crippen LogP contribution in [-0.4, -0.2) is 4.57 Å². The number of nitrogens with zero attached hydrogens (tertiary/aromatic N) is 2. The van der Waals surface area contributed by atoms with Gasteiger partial charge in [0.05, 0.1) is 11.0 Å². The first-order valence-electron chi connectivity index (χ1n) is 23.3. The molecule has 1 aliphatic carbocycles. The van der Waals surface area contributed by atoms with Crippen molar-refractivity contribution in [1.82, 2.24) is 4.57 Å². The van der Waals surface area contributed by atoms with Crippen LogP contribution < -0.4 is 4.90 Å². The fourth-order valence-electron chi connectivity index (χ4n) is 11.1. The standard InChI is InChI=1S/C65H46N2/c1-65(2)61-24-10-8-20-57(61)60-41-47(32-39-62(60)65)46-15-12-18-52(40-46)66(51-35-28-45(29-36-51)54-22-13-23-55-53-19-7-6-14-44(53)30-37-56(54)55)50-33-26-43(27-34-50)48-31-38-59-58-21-9-11-25-63(58)67(64(59)42-48)49-16-4-3-5-17-49/h3-42H,1-2H3. The Morgan fingerprint density at radius 1 is 0.313 bits per heavy atom. The second kappa shape index (κ2) is 15.3. The predicted octanol–water partition coefficient (Wildman–Crippen LogP) is 17.9. The van der Waals surface area contributed by atoms with Crippen LogP contribution in [0.1, 0.15) is 25.0 Å². The van der Waals surface area contributed by atoms with E-state index in [9.17, 15) is 0 Å². The van der Waals surface area contributed by atoms with E-state index in [0.717, 1.165) is 22.7 Å². The van der Waals surface area contributed by atoms with Crippen molar-refractivity contribution in [2.75, 3.05) is 4.90 Å². The summed E-state index contributed by atoms with van der Waals surface area (Å²) in [7, 11) is 0. The zero-order valence-electron chi connectivity index (χ0n) is 37.5. The lowest BCUT2D eigenvalue weighted by molar-refractivity contribution is 0.660. The van der Waals surface area contributed by atoms with Gasteiger partial charge in [-0.3, -0.25) is 0 Å². The lowest BCUT2D eigenvalue weighted by Gasteiger charge is -2.26. The largest absolute Gasteiger partial charge is 0.310 e. The van der Waals surface area contributed by atoms with Gasteiger partial charge in [0, 0.05) is 38.9 Å². The summed E-state index contributed by atoms with van der Waals surface area (Å²) in [5.41, 5.74) is 19.4. The second-order valence-corrected chi connectivity index (χ2v) is 18.5. The first kappa shape index (κ1) is 39.0. The number of anilines is 3. The van der Waals surface area contributed by atoms with Gasteiger partial charge in [-0.15, -0.1) is 0 Å². The molecule has 2 heteroatoms. The van der Waals surface area contributed by atoms with Crippen molar-refractivity contribution in [3.05, 3.63) is 254 Å². The number of benzene rings is 11. The molecule has 1 aliphatic rings. The minimum absolute atomic E-state index is 0.0344. The van der Waals surface area contributed by atoms with E-state index in [-0.39, 0.29) is 5.41 Å². The summed E-state index contributed by atoms with van der Waals surface area (Å²) in [5.74, 6) is 0. The van der Waals surface area contributed by atoms with Gasteiger partial charge in [-0.2, -0.15) is 0 Å². The SMILES string of the molecule is CC1(C)c2ccccc2-c2cc(-c3cccc(N(c4ccc(-c5ccc6c7ccccc7n(-c7ccccc7)c6c5)cc4)c4ccc(-c5cccc6c5ccc5ccccc56)cc4)c3)ccc21. The molecule has 0 amide bonds. The van der Waals surface area contributed by atoms with Crippen molar-refractivity contribution < 1.29 is 0 Å². The minimum atomic E-state index is -0.0344. The van der Waals surface area contributed by atoms with Gasteiger partial charge in [0.1, 0.15) is 0 Å². The number of hydrogen-bond donors (Lipinski definition) is 0. The Morgan fingerprint density at radius 3 is 1.73 bits per heavy atom. The van der Waals surface area contributed by atoms with E-state index in [1.807, 2.05) is 0 Å². The van der Waals surface area contributed by atoms with Crippen LogP contribution in [0.4, 0.5) is 17.1 Å². The molecule has 0 saturated heterocycles. The summed E-state index contributed by atoms with van der Waals surface area (Å²) < 4.78 is 2.39. The topological polar surface area (TPSA) is 8.17 Å². The third-order valence-corrected chi connectivity index (χ3v) is 14.4. The van der Waals surface area contributed by atoms with E-state index in [4.69, 9.17) is 0 Å². The fraction of sp³-hybridized carbons (Fsp3) is 0.0462. The quantitative estimate of drug-likeness (QED) is 0.145. The highest BCUT2D eigenvalue weighted by atomic mass is 15.1. The van der Waals surface area contributed by atoms with Crippen LogP contribution in [0.25, 0.3) is 93.5 Å². The third-order valence-electron chi connectivity index (χ3n) is 14.4. The highest BCUT2D eigenvalue weighted by molar-refractivity contribution is 6.12. The Hall–Kier alpha value is -8.46. The first-order valence-corrected chi connectivity index (χ1v) is 23.3. The number of rotatable bonds is 7. The Balaban J connectivity index is 0.917. The number of fused-ring (bicyclic) bond motifs is 9. The van der Waals surface area contributed by atoms with Crippen LogP contribution in [0.5, 0.6) is 0 Å². The minimum Gasteiger partial charge on any atom is -0.310 e. The van der Waals surface area contributed by atoms with Gasteiger partial charge in [0.2, 0.25) is 0 Å². The summed E-state index contributed by atoms with van der Waals surface area (Å²) in [6.45, 7) is 4.69. The second-order valence-electron chi connectivity index (χ2n) is 18.5. The molecule has 0 N–H and O–H groups in total. The van der Waals surface area contributed by atoms with Crippen molar-refractivity contribution in [3.63, 3.8) is 0 Å². The third kappa shape index (κ3) is 6.32. The summed E-state index contributed by atoms with van der Waals surface area (Å²) in [5, 5.41) is 7.59. The van der Waals surface area contributed by atoms with Gasteiger partial charge >= 0.3 is 0 Å². The van der Waals surface area contributed by atoms with Crippen molar-refractivity contribution in [2.24, 2.45) is 0 Å². The Kier molecular flexibility index (Phi) is 8.91. The van der Waals surface area contributed by atoms with Crippen molar-refractivity contribution in [1.29, 1.82) is 0 Å². The molecular weight excluding hydrogens is 809 g/mol. The van der Waals surface area contributed by atoms with Crippen molar-refractivity contribution >= 4 is 60.4 Å². The van der Waals surface area contributed by atoms with E-state index in [1.165, 1.54) is 99.0 Å². The number of para-hydroxylation sites is 2. The van der Waals surface area contributed by atoms with Crippen molar-refractivity contribution in [3.8, 4) is 50.2 Å². The van der Waals surface area contributed by atoms with Gasteiger partial charge in [0.25, 0.3) is 0 Å². The molecule has 0 fully saturated rings. The van der Waals surface area contributed by atoms with Gasteiger partial charge in [-0.25, -0.2) is 0 Å². The molecule has 12 aromatic rings. The molecule has 67 heavy (non-hydrogen) atoms. The van der Waals surface area contributed by atoms with Crippen molar-refractivity contribution in [2.45, 2.75) is 19.3 Å². The molecule has 11 aromatic carbocycles. The summed E-state index contributed by atoms with van der Waals surface area (Å²) in [6, 6.07) is 89.4. The van der Waals surface area contributed by atoms with Gasteiger partial charge < -0.3 is 9.47 Å². The number of aromatic nitrogens is 1. The zero-order valence-corrected chi connectivity index (χ0v) is 37.5. The molecular formula is C65H46N2. The summed E-state index contributed by atoms with van der Waals surface area (Å²) in [6.07, 6.45) is 0. The van der Waals surface area contributed by atoms with Crippen LogP contribution in [0.2, 0.25) is 0 Å². The van der Waals surface area contributed by atoms with Crippen LogP contribution >= 0.6 is 0 Å². The van der Waals surface area contributed by atoms with Gasteiger partial charge in [-0.05, 0) is 144 Å². The molecule has 0 saturated carbocycles. The molecule has 0 spiro atoms. The average Bonchev–Trinajstić information content (AvgIpc) is 3.84. The summed E-state index contributed by atoms with van der Waals surface area (Å²) in [4.78, 5) is 2.40. The van der Waals surface area contributed by atoms with E-state index >= 15 is 0 Å². The molecule has 2 nitrogen and oxygen atoms in total. The van der Waals surface area contributed by atoms with E-state index in [0.29, 0.717) is 0 Å². The lowest BCUT2D eigenvalue weighted by atomic mass is 9.82. The van der Waals surface area contributed by atoms with Gasteiger partial charge in [-0.1, -0.05) is 190 Å². The smallest absolute Gasteiger partial charge is 0.0547 e. The fourth-order valence-corrected chi connectivity index (χ4v) is 11.1. The maximum absolute atomic E-state index is 2.40. The molecule has 0 unspecified atom stereocenters. The molecule has 0 bridgehead atoms. The first-order chi connectivity index (χ1) is 33.0. The van der Waals surface area contributed by atoms with E-state index < -0.39 is 0 Å². The molecule has 0 atom stereocenters. The van der Waals surface area contributed by atoms with Crippen LogP contribution in [0.3, 0.4) is 0 Å². The highest BCUT2D eigenvalue weighted by Crippen LogP contribution is 2.50. The lowest BCUT2D eigenvalue weighted by Crippen LogP contribution is -2.14. The Bertz CT molecular complexity index is 3870. The van der Waals surface area contributed by atoms with Crippen LogP contribution in [-0.2, 0) is 5.41 Å². The molecule has 1 heterocycles. The number of hydrogen-bond acceptors (Lipinski definition) is 1. The molecule has 1 aromatic heterocycles. The zero-order chi connectivity index (χ0) is 44.6. The van der Waals surface area contributed by atoms with Crippen LogP contribution in [0.15, 0.2) is 243 Å². The Labute approximate surface area is 391 Å². The molecule has 13 rings (SSSR count). The van der Waals surface area contributed by atoms with E-state index in [1.54, 1.807) is 0 Å². The van der Waals surface area contributed by atoms with E-state index in [2.05, 4.69) is 266 Å². The molecule has 0 radical (unpaired) electrons. The average molecular weight is 855 g/mol. The summed E-state index contributed by atoms with van der Waals surface area (Å²) >= 11 is 0. The van der Waals surface area contributed by atoms with Gasteiger partial charge in [0.15, 0.2) is 0 Å². The predicted molar refractivity (Wildman–Crippen MR) is 284 cm³/mol. The van der Waals surface area contributed by atoms with Crippen LogP contribution in [0, 0.1) is 0 Å². The maximum atomic E-state index is 2.40. The maximum Gasteiger partial charge on any atom is 0.0547 e. The molecule has 316 valence electrons. The monoisotopic (exact) mass is 854 g/mol. The molecule has 0 aliphatic heterocycles.